The van der Waals surface area contributed by atoms with Gasteiger partial charge in [-0.1, -0.05) is 24.4 Å². The minimum Gasteiger partial charge on any atom is -0.411 e. The highest BCUT2D eigenvalue weighted by Gasteiger charge is 2.50. The number of hydrogen-bond acceptors (Lipinski definition) is 3. The van der Waals surface area contributed by atoms with Gasteiger partial charge in [0.1, 0.15) is 5.60 Å². The molecule has 1 spiro atoms. The molecule has 80 valence electrons. The molecule has 1 saturated carbocycles. The third-order valence-corrected chi connectivity index (χ3v) is 3.37. The van der Waals surface area contributed by atoms with Crippen molar-refractivity contribution in [1.29, 1.82) is 0 Å². The summed E-state index contributed by atoms with van der Waals surface area (Å²) in [7, 11) is 0. The molecule has 2 fully saturated rings. The summed E-state index contributed by atoms with van der Waals surface area (Å²) in [6.07, 6.45) is 6.48. The van der Waals surface area contributed by atoms with Crippen LogP contribution in [0.15, 0.2) is 5.16 Å². The van der Waals surface area contributed by atoms with Crippen LogP contribution in [0, 0.1) is 0 Å². The zero-order chi connectivity index (χ0) is 10.2. The van der Waals surface area contributed by atoms with Gasteiger partial charge >= 0.3 is 0 Å². The molecule has 1 heterocycles. The molecule has 0 aromatic carbocycles. The van der Waals surface area contributed by atoms with E-state index in [4.69, 9.17) is 9.94 Å². The first-order chi connectivity index (χ1) is 6.58. The first-order valence-electron chi connectivity index (χ1n) is 5.50. The Hall–Kier alpha value is -0.570. The van der Waals surface area contributed by atoms with Crippen molar-refractivity contribution in [2.24, 2.45) is 5.16 Å². The van der Waals surface area contributed by atoms with Crippen LogP contribution in [-0.2, 0) is 4.74 Å². The predicted molar refractivity (Wildman–Crippen MR) is 54.8 cm³/mol. The van der Waals surface area contributed by atoms with Crippen molar-refractivity contribution in [3.8, 4) is 0 Å². The molecule has 2 aliphatic rings. The summed E-state index contributed by atoms with van der Waals surface area (Å²) in [4.78, 5) is 0. The van der Waals surface area contributed by atoms with Gasteiger partial charge in [0.05, 0.1) is 11.3 Å². The molecule has 0 bridgehead atoms. The van der Waals surface area contributed by atoms with Crippen LogP contribution in [-0.4, -0.2) is 22.1 Å². The molecule has 1 aliphatic heterocycles. The van der Waals surface area contributed by atoms with Crippen LogP contribution in [0.1, 0.15) is 52.4 Å². The summed E-state index contributed by atoms with van der Waals surface area (Å²) >= 11 is 0. The van der Waals surface area contributed by atoms with Crippen molar-refractivity contribution in [3.05, 3.63) is 0 Å². The summed E-state index contributed by atoms with van der Waals surface area (Å²) < 4.78 is 6.09. The van der Waals surface area contributed by atoms with Gasteiger partial charge < -0.3 is 9.94 Å². The van der Waals surface area contributed by atoms with Gasteiger partial charge in [-0.3, -0.25) is 0 Å². The molecule has 0 atom stereocenters. The standard InChI is InChI=1S/C11H19NO2/c1-10(2)8-9(12-13)11(14-10)6-4-3-5-7-11/h13H,3-8H2,1-2H3/b12-9-. The van der Waals surface area contributed by atoms with E-state index < -0.39 is 0 Å². The Kier molecular flexibility index (Phi) is 2.30. The minimum absolute atomic E-state index is 0.154. The maximum absolute atomic E-state index is 9.02. The second kappa shape index (κ2) is 3.23. The van der Waals surface area contributed by atoms with E-state index in [1.807, 2.05) is 0 Å². The van der Waals surface area contributed by atoms with Gasteiger partial charge in [0.25, 0.3) is 0 Å². The van der Waals surface area contributed by atoms with Crippen LogP contribution in [0.4, 0.5) is 0 Å². The zero-order valence-corrected chi connectivity index (χ0v) is 9.05. The summed E-state index contributed by atoms with van der Waals surface area (Å²) in [5.74, 6) is 0. The first kappa shape index (κ1) is 9.97. The van der Waals surface area contributed by atoms with E-state index in [0.29, 0.717) is 0 Å². The van der Waals surface area contributed by atoms with Crippen LogP contribution in [0.25, 0.3) is 0 Å². The topological polar surface area (TPSA) is 41.8 Å². The number of ether oxygens (including phenoxy) is 1. The molecule has 2 rings (SSSR count). The number of hydrogen-bond donors (Lipinski definition) is 1. The van der Waals surface area contributed by atoms with Crippen molar-refractivity contribution in [2.75, 3.05) is 0 Å². The second-order valence-corrected chi connectivity index (χ2v) is 5.14. The highest BCUT2D eigenvalue weighted by molar-refractivity contribution is 5.94. The fourth-order valence-electron chi connectivity index (χ4n) is 2.83. The highest BCUT2D eigenvalue weighted by Crippen LogP contribution is 2.44. The maximum atomic E-state index is 9.02. The van der Waals surface area contributed by atoms with Crippen LogP contribution in [0.3, 0.4) is 0 Å². The van der Waals surface area contributed by atoms with Gasteiger partial charge in [-0.25, -0.2) is 0 Å². The number of rotatable bonds is 0. The molecule has 0 amide bonds. The lowest BCUT2D eigenvalue weighted by atomic mass is 9.81. The molecule has 0 unspecified atom stereocenters. The van der Waals surface area contributed by atoms with Crippen molar-refractivity contribution in [1.82, 2.24) is 0 Å². The fraction of sp³-hybridized carbons (Fsp3) is 0.909. The summed E-state index contributed by atoms with van der Waals surface area (Å²) in [6.45, 7) is 4.14. The highest BCUT2D eigenvalue weighted by atomic mass is 16.5. The quantitative estimate of drug-likeness (QED) is 0.479. The Morgan fingerprint density at radius 2 is 1.86 bits per heavy atom. The van der Waals surface area contributed by atoms with E-state index in [9.17, 15) is 0 Å². The summed E-state index contributed by atoms with van der Waals surface area (Å²) in [5.41, 5.74) is 0.484. The van der Waals surface area contributed by atoms with Crippen LogP contribution in [0.5, 0.6) is 0 Å². The molecule has 1 saturated heterocycles. The maximum Gasteiger partial charge on any atom is 0.110 e. The average Bonchev–Trinajstić information content (AvgIpc) is 2.38. The van der Waals surface area contributed by atoms with Crippen molar-refractivity contribution in [2.45, 2.75) is 63.6 Å². The van der Waals surface area contributed by atoms with Gasteiger partial charge in [0.15, 0.2) is 0 Å². The van der Waals surface area contributed by atoms with E-state index in [-0.39, 0.29) is 11.2 Å². The zero-order valence-electron chi connectivity index (χ0n) is 9.05. The molecule has 1 aliphatic carbocycles. The van der Waals surface area contributed by atoms with Crippen LogP contribution >= 0.6 is 0 Å². The fourth-order valence-corrected chi connectivity index (χ4v) is 2.83. The third kappa shape index (κ3) is 1.54. The van der Waals surface area contributed by atoms with Gasteiger partial charge in [-0.2, -0.15) is 0 Å². The molecule has 14 heavy (non-hydrogen) atoms. The van der Waals surface area contributed by atoms with Gasteiger partial charge in [-0.15, -0.1) is 0 Å². The minimum atomic E-state index is -0.226. The lowest BCUT2D eigenvalue weighted by Crippen LogP contribution is -2.39. The molecule has 0 aromatic heterocycles. The third-order valence-electron chi connectivity index (χ3n) is 3.37. The first-order valence-corrected chi connectivity index (χ1v) is 5.50. The van der Waals surface area contributed by atoms with E-state index in [2.05, 4.69) is 19.0 Å². The second-order valence-electron chi connectivity index (χ2n) is 5.14. The Bertz CT molecular complexity index is 252. The van der Waals surface area contributed by atoms with Crippen LogP contribution < -0.4 is 0 Å². The average molecular weight is 197 g/mol. The van der Waals surface area contributed by atoms with E-state index in [1.165, 1.54) is 19.3 Å². The summed E-state index contributed by atoms with van der Waals surface area (Å²) in [5, 5.41) is 12.5. The lowest BCUT2D eigenvalue weighted by molar-refractivity contribution is -0.0860. The van der Waals surface area contributed by atoms with Crippen LogP contribution in [0.2, 0.25) is 0 Å². The van der Waals surface area contributed by atoms with Gasteiger partial charge in [-0.05, 0) is 26.7 Å². The largest absolute Gasteiger partial charge is 0.411 e. The Morgan fingerprint density at radius 3 is 2.43 bits per heavy atom. The van der Waals surface area contributed by atoms with Crippen molar-refractivity contribution >= 4 is 5.71 Å². The van der Waals surface area contributed by atoms with E-state index in [1.54, 1.807) is 0 Å². The Balaban J connectivity index is 2.24. The van der Waals surface area contributed by atoms with Gasteiger partial charge in [0.2, 0.25) is 0 Å². The monoisotopic (exact) mass is 197 g/mol. The molecule has 1 N–H and O–H groups in total. The van der Waals surface area contributed by atoms with E-state index in [0.717, 1.165) is 25.0 Å². The molecule has 0 aromatic rings. The molecular formula is C11H19NO2. The number of oxime groups is 1. The Labute approximate surface area is 85.1 Å². The van der Waals surface area contributed by atoms with Crippen molar-refractivity contribution in [3.63, 3.8) is 0 Å². The van der Waals surface area contributed by atoms with Crippen molar-refractivity contribution < 1.29 is 9.94 Å². The van der Waals surface area contributed by atoms with E-state index >= 15 is 0 Å². The predicted octanol–water partition coefficient (Wildman–Crippen LogP) is 2.72. The normalized spacial score (nSPS) is 32.6. The van der Waals surface area contributed by atoms with Gasteiger partial charge in [0, 0.05) is 6.42 Å². The molecule has 3 heteroatoms. The molecular weight excluding hydrogens is 178 g/mol. The number of nitrogens with zero attached hydrogens (tertiary/aromatic N) is 1. The SMILES string of the molecule is CC1(C)C/C(=N/O)C2(CCCCC2)O1. The molecule has 0 radical (unpaired) electrons. The lowest BCUT2D eigenvalue weighted by Gasteiger charge is -2.34. The summed E-state index contributed by atoms with van der Waals surface area (Å²) in [6, 6.07) is 0. The smallest absolute Gasteiger partial charge is 0.110 e. The molecule has 3 nitrogen and oxygen atoms in total. The Morgan fingerprint density at radius 1 is 1.21 bits per heavy atom.